The Balaban J connectivity index is 1.58. The molecule has 0 atom stereocenters. The molecule has 0 aliphatic rings. The van der Waals surface area contributed by atoms with Crippen LogP contribution in [0.1, 0.15) is 16.0 Å². The Labute approximate surface area is 191 Å². The zero-order chi connectivity index (χ0) is 22.1. The van der Waals surface area contributed by atoms with Crippen LogP contribution in [0.25, 0.3) is 0 Å². The van der Waals surface area contributed by atoms with Crippen LogP contribution in [0.3, 0.4) is 0 Å². The summed E-state index contributed by atoms with van der Waals surface area (Å²) >= 11 is 2.95. The lowest BCUT2D eigenvalue weighted by atomic mass is 10.2. The number of carbonyl (C=O) groups excluding carboxylic acids is 2. The van der Waals surface area contributed by atoms with Gasteiger partial charge in [0.2, 0.25) is 11.8 Å². The van der Waals surface area contributed by atoms with Crippen molar-refractivity contribution in [2.45, 2.75) is 20.0 Å². The molecule has 2 aromatic carbocycles. The highest BCUT2D eigenvalue weighted by molar-refractivity contribution is 8.00. The first kappa shape index (κ1) is 22.9. The smallest absolute Gasteiger partial charge is 0.234 e. The van der Waals surface area contributed by atoms with Gasteiger partial charge in [0, 0.05) is 22.7 Å². The van der Waals surface area contributed by atoms with Gasteiger partial charge in [0.05, 0.1) is 25.2 Å². The van der Waals surface area contributed by atoms with Crippen LogP contribution < -0.4 is 10.1 Å². The number of benzene rings is 2. The average molecular weight is 455 g/mol. The van der Waals surface area contributed by atoms with E-state index in [1.807, 2.05) is 77.9 Å². The van der Waals surface area contributed by atoms with Gasteiger partial charge in [0.15, 0.2) is 0 Å². The van der Waals surface area contributed by atoms with Gasteiger partial charge in [-0.2, -0.15) is 0 Å². The monoisotopic (exact) mass is 454 g/mol. The van der Waals surface area contributed by atoms with Crippen LogP contribution in [0, 0.1) is 6.92 Å². The fraction of sp³-hybridized carbons (Fsp3) is 0.250. The maximum atomic E-state index is 13.0. The summed E-state index contributed by atoms with van der Waals surface area (Å²) < 4.78 is 5.45. The molecule has 1 aromatic heterocycles. The fourth-order valence-corrected chi connectivity index (χ4v) is 4.54. The first-order valence-electron chi connectivity index (χ1n) is 9.91. The molecule has 0 fully saturated rings. The fourth-order valence-electron chi connectivity index (χ4n) is 3.10. The van der Waals surface area contributed by atoms with Crippen LogP contribution in [0.15, 0.2) is 66.0 Å². The van der Waals surface area contributed by atoms with Crippen molar-refractivity contribution in [3.63, 3.8) is 0 Å². The number of nitrogens with one attached hydrogen (secondary N) is 1. The van der Waals surface area contributed by atoms with E-state index in [-0.39, 0.29) is 23.3 Å². The number of thiophene rings is 1. The quantitative estimate of drug-likeness (QED) is 0.470. The molecule has 7 heteroatoms. The molecule has 0 aliphatic heterocycles. The zero-order valence-electron chi connectivity index (χ0n) is 17.7. The molecule has 1 heterocycles. The molecule has 2 amide bonds. The van der Waals surface area contributed by atoms with E-state index < -0.39 is 0 Å². The summed E-state index contributed by atoms with van der Waals surface area (Å²) in [6, 6.07) is 19.4. The summed E-state index contributed by atoms with van der Waals surface area (Å²) in [5.74, 6) is 1.10. The average Bonchev–Trinajstić information content (AvgIpc) is 3.27. The Morgan fingerprint density at radius 2 is 1.87 bits per heavy atom. The number of anilines is 1. The van der Waals surface area contributed by atoms with Crippen molar-refractivity contribution in [3.8, 4) is 5.75 Å². The molecule has 0 unspecified atom stereocenters. The van der Waals surface area contributed by atoms with E-state index in [2.05, 4.69) is 5.32 Å². The van der Waals surface area contributed by atoms with E-state index in [4.69, 9.17) is 4.74 Å². The van der Waals surface area contributed by atoms with Gasteiger partial charge in [-0.15, -0.1) is 23.1 Å². The third kappa shape index (κ3) is 7.15. The molecule has 0 aliphatic carbocycles. The molecule has 0 saturated heterocycles. The molecular formula is C24H26N2O3S2. The second kappa shape index (κ2) is 11.6. The van der Waals surface area contributed by atoms with E-state index in [1.165, 1.54) is 11.8 Å². The van der Waals surface area contributed by atoms with E-state index >= 15 is 0 Å². The number of thioether (sulfide) groups is 1. The second-order valence-electron chi connectivity index (χ2n) is 7.05. The number of hydrogen-bond acceptors (Lipinski definition) is 5. The van der Waals surface area contributed by atoms with Crippen LogP contribution in [-0.2, 0) is 22.7 Å². The number of hydrogen-bond donors (Lipinski definition) is 1. The van der Waals surface area contributed by atoms with Gasteiger partial charge in [-0.1, -0.05) is 36.4 Å². The van der Waals surface area contributed by atoms with E-state index in [0.717, 1.165) is 27.4 Å². The summed E-state index contributed by atoms with van der Waals surface area (Å²) in [7, 11) is 1.63. The van der Waals surface area contributed by atoms with Crippen LogP contribution in [0.5, 0.6) is 5.75 Å². The van der Waals surface area contributed by atoms with Crippen LogP contribution in [0.2, 0.25) is 0 Å². The molecule has 0 saturated carbocycles. The Bertz CT molecular complexity index is 1010. The number of methoxy groups -OCH3 is 1. The van der Waals surface area contributed by atoms with Crippen molar-refractivity contribution in [2.24, 2.45) is 0 Å². The highest BCUT2D eigenvalue weighted by atomic mass is 32.2. The Morgan fingerprint density at radius 3 is 2.61 bits per heavy atom. The lowest BCUT2D eigenvalue weighted by Gasteiger charge is -2.23. The molecular weight excluding hydrogens is 428 g/mol. The minimum atomic E-state index is -0.113. The minimum absolute atomic E-state index is 0.00679. The predicted octanol–water partition coefficient (Wildman–Crippen LogP) is 4.97. The molecule has 1 N–H and O–H groups in total. The van der Waals surface area contributed by atoms with E-state index in [1.54, 1.807) is 18.4 Å². The van der Waals surface area contributed by atoms with Crippen LogP contribution in [0.4, 0.5) is 5.69 Å². The summed E-state index contributed by atoms with van der Waals surface area (Å²) in [6.45, 7) is 2.97. The highest BCUT2D eigenvalue weighted by Crippen LogP contribution is 2.22. The van der Waals surface area contributed by atoms with Gasteiger partial charge in [0.25, 0.3) is 0 Å². The summed E-state index contributed by atoms with van der Waals surface area (Å²) in [6.07, 6.45) is 0. The minimum Gasteiger partial charge on any atom is -0.496 e. The number of carbonyl (C=O) groups is 2. The number of para-hydroxylation sites is 1. The number of nitrogens with zero attached hydrogens (tertiary/aromatic N) is 1. The standard InChI is InChI=1S/C24H26N2O3S2/c1-18-7-5-9-20(13-18)25-23(27)16-30-17-24(28)26(15-21-10-6-12-31-21)14-19-8-3-4-11-22(19)29-2/h3-13H,14-17H2,1-2H3,(H,25,27). The molecule has 0 radical (unpaired) electrons. The van der Waals surface area contributed by atoms with Crippen molar-refractivity contribution < 1.29 is 14.3 Å². The normalized spacial score (nSPS) is 10.5. The van der Waals surface area contributed by atoms with Gasteiger partial charge < -0.3 is 15.0 Å². The first-order valence-corrected chi connectivity index (χ1v) is 11.9. The number of ether oxygens (including phenoxy) is 1. The van der Waals surface area contributed by atoms with Crippen molar-refractivity contribution in [2.75, 3.05) is 23.9 Å². The van der Waals surface area contributed by atoms with Gasteiger partial charge in [0.1, 0.15) is 5.75 Å². The SMILES string of the molecule is COc1ccccc1CN(Cc1cccs1)C(=O)CSCC(=O)Nc1cccc(C)c1. The Kier molecular flexibility index (Phi) is 8.55. The van der Waals surface area contributed by atoms with Gasteiger partial charge >= 0.3 is 0 Å². The van der Waals surface area contributed by atoms with E-state index in [0.29, 0.717) is 13.1 Å². The molecule has 0 spiro atoms. The molecule has 31 heavy (non-hydrogen) atoms. The maximum absolute atomic E-state index is 13.0. The number of aryl methyl sites for hydroxylation is 1. The molecule has 162 valence electrons. The lowest BCUT2D eigenvalue weighted by Crippen LogP contribution is -2.32. The lowest BCUT2D eigenvalue weighted by molar-refractivity contribution is -0.129. The third-order valence-corrected chi connectivity index (χ3v) is 6.37. The topological polar surface area (TPSA) is 58.6 Å². The number of rotatable bonds is 10. The van der Waals surface area contributed by atoms with Crippen molar-refractivity contribution in [1.29, 1.82) is 0 Å². The van der Waals surface area contributed by atoms with Crippen LogP contribution >= 0.6 is 23.1 Å². The first-order chi connectivity index (χ1) is 15.0. The largest absolute Gasteiger partial charge is 0.496 e. The second-order valence-corrected chi connectivity index (χ2v) is 9.07. The van der Waals surface area contributed by atoms with Gasteiger partial charge in [-0.3, -0.25) is 9.59 Å². The van der Waals surface area contributed by atoms with E-state index in [9.17, 15) is 9.59 Å². The predicted molar refractivity (Wildman–Crippen MR) is 129 cm³/mol. The maximum Gasteiger partial charge on any atom is 0.234 e. The summed E-state index contributed by atoms with van der Waals surface area (Å²) in [5, 5.41) is 4.88. The van der Waals surface area contributed by atoms with Crippen molar-refractivity contribution in [3.05, 3.63) is 82.0 Å². The van der Waals surface area contributed by atoms with Crippen molar-refractivity contribution in [1.82, 2.24) is 4.90 Å². The van der Waals surface area contributed by atoms with Gasteiger partial charge in [-0.25, -0.2) is 0 Å². The molecule has 0 bridgehead atoms. The third-order valence-electron chi connectivity index (χ3n) is 4.59. The Morgan fingerprint density at radius 1 is 1.03 bits per heavy atom. The summed E-state index contributed by atoms with van der Waals surface area (Å²) in [4.78, 5) is 28.2. The Hall–Kier alpha value is -2.77. The zero-order valence-corrected chi connectivity index (χ0v) is 19.3. The van der Waals surface area contributed by atoms with Gasteiger partial charge in [-0.05, 0) is 42.1 Å². The van der Waals surface area contributed by atoms with Crippen LogP contribution in [-0.4, -0.2) is 35.3 Å². The highest BCUT2D eigenvalue weighted by Gasteiger charge is 2.18. The van der Waals surface area contributed by atoms with Crippen molar-refractivity contribution >= 4 is 40.6 Å². The number of amides is 2. The molecule has 3 rings (SSSR count). The molecule has 5 nitrogen and oxygen atoms in total. The summed E-state index contributed by atoms with van der Waals surface area (Å²) in [5.41, 5.74) is 2.81. The molecule has 3 aromatic rings.